The first kappa shape index (κ1) is 24.0. The molecule has 1 aliphatic rings. The number of anilines is 1. The van der Waals surface area contributed by atoms with Crippen LogP contribution in [-0.2, 0) is 9.59 Å². The van der Waals surface area contributed by atoms with E-state index in [4.69, 9.17) is 5.11 Å². The van der Waals surface area contributed by atoms with E-state index in [1.54, 1.807) is 30.3 Å². The molecule has 0 unspecified atom stereocenters. The number of nitro benzene ring substituents is 1. The molecule has 1 heterocycles. The zero-order valence-corrected chi connectivity index (χ0v) is 19.5. The summed E-state index contributed by atoms with van der Waals surface area (Å²) in [5.41, 5.74) is 0.729. The minimum Gasteiger partial charge on any atom is -0.396 e. The zero-order chi connectivity index (χ0) is 23.3. The molecule has 1 aliphatic heterocycles. The number of hydrogen-bond acceptors (Lipinski definition) is 8. The predicted molar refractivity (Wildman–Crippen MR) is 126 cm³/mol. The third-order valence-corrected chi connectivity index (χ3v) is 6.61. The summed E-state index contributed by atoms with van der Waals surface area (Å²) in [5, 5.41) is 22.3. The number of rotatable bonds is 8. The summed E-state index contributed by atoms with van der Waals surface area (Å²) in [7, 11) is 0. The van der Waals surface area contributed by atoms with Crippen LogP contribution >= 0.6 is 39.5 Å². The Kier molecular flexibility index (Phi) is 8.07. The Labute approximate surface area is 199 Å². The van der Waals surface area contributed by atoms with Gasteiger partial charge in [-0.3, -0.25) is 29.4 Å². The van der Waals surface area contributed by atoms with Crippen molar-refractivity contribution >= 4 is 74.0 Å². The summed E-state index contributed by atoms with van der Waals surface area (Å²) in [5.74, 6) is -0.870. The van der Waals surface area contributed by atoms with Gasteiger partial charge in [0, 0.05) is 22.0 Å². The van der Waals surface area contributed by atoms with Crippen LogP contribution in [0.25, 0.3) is 6.08 Å². The fourth-order valence-electron chi connectivity index (χ4n) is 2.71. The Balaban J connectivity index is 1.73. The molecule has 3 amide bonds. The summed E-state index contributed by atoms with van der Waals surface area (Å²) >= 11 is 5.10. The maximum atomic E-state index is 12.6. The third kappa shape index (κ3) is 5.97. The second-order valence-electron chi connectivity index (χ2n) is 6.38. The molecule has 0 saturated carbocycles. The Morgan fingerprint density at radius 3 is 2.62 bits per heavy atom. The second-order valence-corrected chi connectivity index (χ2v) is 9.42. The maximum Gasteiger partial charge on any atom is 0.294 e. The van der Waals surface area contributed by atoms with E-state index >= 15 is 0 Å². The highest BCUT2D eigenvalue weighted by atomic mass is 79.9. The number of nitrogens with one attached hydrogen (secondary N) is 1. The fourth-order valence-corrected chi connectivity index (χ4v) is 4.57. The van der Waals surface area contributed by atoms with E-state index in [0.29, 0.717) is 33.7 Å². The normalized spacial score (nSPS) is 14.8. The molecule has 1 fully saturated rings. The van der Waals surface area contributed by atoms with Crippen LogP contribution in [0.4, 0.5) is 16.2 Å². The molecule has 32 heavy (non-hydrogen) atoms. The highest BCUT2D eigenvalue weighted by molar-refractivity contribution is 9.10. The first-order valence-electron chi connectivity index (χ1n) is 9.11. The lowest BCUT2D eigenvalue weighted by atomic mass is 10.2. The molecular formula is C20H16BrN3O6S2. The van der Waals surface area contributed by atoms with Crippen molar-refractivity contribution < 1.29 is 24.4 Å². The molecule has 2 aromatic rings. The van der Waals surface area contributed by atoms with Crippen LogP contribution in [0.2, 0.25) is 0 Å². The van der Waals surface area contributed by atoms with Gasteiger partial charge in [0.05, 0.1) is 21.3 Å². The molecule has 0 aliphatic carbocycles. The van der Waals surface area contributed by atoms with E-state index in [2.05, 4.69) is 21.2 Å². The van der Waals surface area contributed by atoms with Crippen LogP contribution in [0, 0.1) is 10.1 Å². The Bertz CT molecular complexity index is 1110. The summed E-state index contributed by atoms with van der Waals surface area (Å²) in [6.07, 6.45) is 1.38. The average Bonchev–Trinajstić information content (AvgIpc) is 3.01. The number of aliphatic hydroxyl groups is 1. The van der Waals surface area contributed by atoms with Crippen molar-refractivity contribution in [1.29, 1.82) is 0 Å². The van der Waals surface area contributed by atoms with Gasteiger partial charge in [0.25, 0.3) is 16.8 Å². The Morgan fingerprint density at radius 1 is 1.25 bits per heavy atom. The van der Waals surface area contributed by atoms with Gasteiger partial charge >= 0.3 is 0 Å². The lowest BCUT2D eigenvalue weighted by Gasteiger charge is -2.12. The van der Waals surface area contributed by atoms with Crippen LogP contribution < -0.4 is 5.32 Å². The lowest BCUT2D eigenvalue weighted by molar-refractivity contribution is -0.387. The van der Waals surface area contributed by atoms with Gasteiger partial charge in [0.15, 0.2) is 0 Å². The topological polar surface area (TPSA) is 130 Å². The van der Waals surface area contributed by atoms with Crippen molar-refractivity contribution in [3.8, 4) is 0 Å². The summed E-state index contributed by atoms with van der Waals surface area (Å²) < 4.78 is 0.840. The number of nitrogens with zero attached hydrogens (tertiary/aromatic N) is 2. The Morgan fingerprint density at radius 2 is 1.97 bits per heavy atom. The molecule has 2 N–H and O–H groups in total. The van der Waals surface area contributed by atoms with Crippen molar-refractivity contribution in [2.24, 2.45) is 0 Å². The zero-order valence-electron chi connectivity index (χ0n) is 16.3. The number of imide groups is 1. The van der Waals surface area contributed by atoms with E-state index in [1.807, 2.05) is 0 Å². The molecule has 9 nitrogen and oxygen atoms in total. The van der Waals surface area contributed by atoms with E-state index in [0.717, 1.165) is 21.1 Å². The van der Waals surface area contributed by atoms with Crippen LogP contribution in [0.15, 0.2) is 56.7 Å². The third-order valence-electron chi connectivity index (χ3n) is 4.13. The van der Waals surface area contributed by atoms with Gasteiger partial charge in [0.2, 0.25) is 5.91 Å². The fraction of sp³-hybridized carbons (Fsp3) is 0.150. The number of nitro groups is 1. The van der Waals surface area contributed by atoms with Crippen molar-refractivity contribution in [2.75, 3.05) is 24.2 Å². The molecular weight excluding hydrogens is 522 g/mol. The van der Waals surface area contributed by atoms with Crippen LogP contribution in [0.3, 0.4) is 0 Å². The molecule has 2 aromatic carbocycles. The first-order valence-corrected chi connectivity index (χ1v) is 11.7. The van der Waals surface area contributed by atoms with Gasteiger partial charge in [-0.05, 0) is 53.7 Å². The highest BCUT2D eigenvalue weighted by Gasteiger charge is 2.36. The van der Waals surface area contributed by atoms with Crippen LogP contribution in [0.1, 0.15) is 5.56 Å². The second kappa shape index (κ2) is 10.8. The predicted octanol–water partition coefficient (Wildman–Crippen LogP) is 4.12. The number of aliphatic hydroxyl groups excluding tert-OH is 1. The smallest absolute Gasteiger partial charge is 0.294 e. The van der Waals surface area contributed by atoms with Gasteiger partial charge in [-0.1, -0.05) is 22.0 Å². The number of carbonyl (C=O) groups excluding carboxylic acids is 3. The van der Waals surface area contributed by atoms with Crippen molar-refractivity contribution in [3.05, 3.63) is 67.5 Å². The quantitative estimate of drug-likeness (QED) is 0.222. The van der Waals surface area contributed by atoms with Crippen molar-refractivity contribution in [3.63, 3.8) is 0 Å². The molecule has 12 heteroatoms. The standard InChI is InChI=1S/C20H16BrN3O6S2/c21-13-2-4-14(5-3-13)22-18(26)11-23-19(27)17(32-20(23)28)10-12-1-6-16(31-8-7-25)15(9-12)24(29)30/h1-6,9-10,25H,7-8,11H2,(H,22,26). The van der Waals surface area contributed by atoms with Crippen LogP contribution in [0.5, 0.6) is 0 Å². The number of carbonyl (C=O) groups is 3. The number of hydrogen-bond donors (Lipinski definition) is 2. The minimum absolute atomic E-state index is 0.0662. The van der Waals surface area contributed by atoms with Gasteiger partial charge in [-0.25, -0.2) is 0 Å². The average molecular weight is 538 g/mol. The molecule has 0 bridgehead atoms. The number of amides is 3. The first-order chi connectivity index (χ1) is 15.3. The summed E-state index contributed by atoms with van der Waals surface area (Å²) in [6, 6.07) is 11.2. The Hall–Kier alpha value is -2.67. The molecule has 0 atom stereocenters. The summed E-state index contributed by atoms with van der Waals surface area (Å²) in [4.78, 5) is 49.3. The highest BCUT2D eigenvalue weighted by Crippen LogP contribution is 2.34. The van der Waals surface area contributed by atoms with Crippen molar-refractivity contribution in [2.45, 2.75) is 4.90 Å². The SMILES string of the molecule is O=C(CN1C(=O)SC(=Cc2ccc(SCCO)c([N+](=O)[O-])c2)C1=O)Nc1ccc(Br)cc1. The lowest BCUT2D eigenvalue weighted by Crippen LogP contribution is -2.36. The molecule has 0 aromatic heterocycles. The number of halogens is 1. The largest absolute Gasteiger partial charge is 0.396 e. The van der Waals surface area contributed by atoms with Crippen molar-refractivity contribution in [1.82, 2.24) is 4.90 Å². The van der Waals surface area contributed by atoms with E-state index < -0.39 is 28.5 Å². The molecule has 1 saturated heterocycles. The number of thioether (sulfide) groups is 2. The van der Waals surface area contributed by atoms with E-state index in [9.17, 15) is 24.5 Å². The molecule has 166 valence electrons. The van der Waals surface area contributed by atoms with E-state index in [-0.39, 0.29) is 17.2 Å². The monoisotopic (exact) mass is 537 g/mol. The maximum absolute atomic E-state index is 12.6. The van der Waals surface area contributed by atoms with E-state index in [1.165, 1.54) is 18.2 Å². The molecule has 0 spiro atoms. The van der Waals surface area contributed by atoms with Gasteiger partial charge in [-0.15, -0.1) is 11.8 Å². The summed E-state index contributed by atoms with van der Waals surface area (Å²) in [6.45, 7) is -0.568. The van der Waals surface area contributed by atoms with Gasteiger partial charge in [0.1, 0.15) is 6.54 Å². The minimum atomic E-state index is -0.646. The molecule has 3 rings (SSSR count). The molecule has 0 radical (unpaired) electrons. The van der Waals surface area contributed by atoms with Gasteiger partial charge < -0.3 is 10.4 Å². The van der Waals surface area contributed by atoms with Crippen LogP contribution in [-0.4, -0.2) is 50.9 Å². The number of benzene rings is 2. The van der Waals surface area contributed by atoms with Gasteiger partial charge in [-0.2, -0.15) is 0 Å².